The number of rotatable bonds is 6. The van der Waals surface area contributed by atoms with E-state index in [4.69, 9.17) is 5.11 Å². The van der Waals surface area contributed by atoms with E-state index < -0.39 is 16.0 Å². The van der Waals surface area contributed by atoms with Gasteiger partial charge in [-0.15, -0.1) is 0 Å². The second kappa shape index (κ2) is 7.84. The summed E-state index contributed by atoms with van der Waals surface area (Å²) < 4.78 is 30.3. The summed E-state index contributed by atoms with van der Waals surface area (Å²) in [7, 11) is -3.66. The Morgan fingerprint density at radius 1 is 1.60 bits per heavy atom. The van der Waals surface area contributed by atoms with Crippen molar-refractivity contribution in [3.8, 4) is 11.8 Å². The maximum atomic E-state index is 11.7. The van der Waals surface area contributed by atoms with Gasteiger partial charge in [0.25, 0.3) is 0 Å². The van der Waals surface area contributed by atoms with E-state index in [-0.39, 0.29) is 30.5 Å². The first-order valence-corrected chi connectivity index (χ1v) is 8.15. The number of nitrogens with one attached hydrogen (secondary N) is 1. The quantitative estimate of drug-likeness (QED) is 0.572. The topological polar surface area (TPSA) is 106 Å². The molecule has 20 heavy (non-hydrogen) atoms. The normalized spacial score (nSPS) is 10.5. The first-order valence-electron chi connectivity index (χ1n) is 5.68. The Bertz CT molecular complexity index is 612. The number of esters is 1. The Labute approximate surface area is 121 Å². The Hall–Kier alpha value is -1.63. The van der Waals surface area contributed by atoms with Gasteiger partial charge in [-0.1, -0.05) is 23.2 Å². The van der Waals surface area contributed by atoms with Gasteiger partial charge in [0.1, 0.15) is 6.61 Å². The van der Waals surface area contributed by atoms with Crippen LogP contribution in [-0.2, 0) is 19.6 Å². The molecule has 1 rings (SSSR count). The molecule has 0 saturated heterocycles. The summed E-state index contributed by atoms with van der Waals surface area (Å²) in [6.07, 6.45) is 1.18. The van der Waals surface area contributed by atoms with Crippen LogP contribution in [-0.4, -0.2) is 43.4 Å². The molecule has 0 aliphatic rings. The molecule has 9 heteroatoms. The molecule has 110 valence electrons. The minimum atomic E-state index is -3.66. The Morgan fingerprint density at radius 2 is 2.35 bits per heavy atom. The number of hydrogen-bond acceptors (Lipinski definition) is 7. The van der Waals surface area contributed by atoms with Crippen LogP contribution in [0.5, 0.6) is 0 Å². The zero-order valence-electron chi connectivity index (χ0n) is 10.7. The zero-order chi connectivity index (χ0) is 15.0. The smallest absolute Gasteiger partial charge is 0.306 e. The minimum absolute atomic E-state index is 0.163. The third-order valence-corrected chi connectivity index (χ3v) is 4.12. The minimum Gasteiger partial charge on any atom is -0.466 e. The largest absolute Gasteiger partial charge is 0.466 e. The predicted molar refractivity (Wildman–Crippen MR) is 74.7 cm³/mol. The van der Waals surface area contributed by atoms with Gasteiger partial charge in [-0.05, 0) is 6.92 Å². The van der Waals surface area contributed by atoms with Crippen molar-refractivity contribution in [3.63, 3.8) is 0 Å². The summed E-state index contributed by atoms with van der Waals surface area (Å²) in [5.41, 5.74) is 0. The summed E-state index contributed by atoms with van der Waals surface area (Å²) >= 11 is 1.04. The van der Waals surface area contributed by atoms with Crippen LogP contribution >= 0.6 is 11.3 Å². The highest BCUT2D eigenvalue weighted by Gasteiger charge is 2.15. The molecule has 0 amide bonds. The van der Waals surface area contributed by atoms with Crippen LogP contribution in [0.25, 0.3) is 0 Å². The van der Waals surface area contributed by atoms with E-state index in [1.54, 1.807) is 6.92 Å². The molecule has 0 bridgehead atoms. The molecular formula is C11H14N2O5S2. The Balaban J connectivity index is 2.58. The zero-order valence-corrected chi connectivity index (χ0v) is 12.4. The van der Waals surface area contributed by atoms with E-state index in [1.807, 2.05) is 0 Å². The molecule has 1 aromatic heterocycles. The highest BCUT2D eigenvalue weighted by Crippen LogP contribution is 2.18. The van der Waals surface area contributed by atoms with Crippen LogP contribution in [0.2, 0.25) is 0 Å². The van der Waals surface area contributed by atoms with Crippen molar-refractivity contribution in [2.75, 3.05) is 23.7 Å². The van der Waals surface area contributed by atoms with Crippen LogP contribution in [0.15, 0.2) is 6.20 Å². The molecule has 2 N–H and O–H groups in total. The third kappa shape index (κ3) is 6.01. The van der Waals surface area contributed by atoms with Crippen molar-refractivity contribution in [2.24, 2.45) is 0 Å². The van der Waals surface area contributed by atoms with Gasteiger partial charge in [0, 0.05) is 0 Å². The molecular weight excluding hydrogens is 304 g/mol. The number of sulfonamides is 1. The first-order chi connectivity index (χ1) is 9.46. The number of nitrogens with zero attached hydrogens (tertiary/aromatic N) is 1. The van der Waals surface area contributed by atoms with Gasteiger partial charge >= 0.3 is 5.97 Å². The van der Waals surface area contributed by atoms with E-state index >= 15 is 0 Å². The lowest BCUT2D eigenvalue weighted by molar-refractivity contribution is -0.142. The molecule has 7 nitrogen and oxygen atoms in total. The molecule has 0 atom stereocenters. The molecule has 1 aromatic rings. The van der Waals surface area contributed by atoms with Crippen molar-refractivity contribution in [1.82, 2.24) is 4.98 Å². The summed E-state index contributed by atoms with van der Waals surface area (Å²) in [5, 5.41) is 8.70. The van der Waals surface area contributed by atoms with Gasteiger partial charge in [-0.3, -0.25) is 9.52 Å². The number of anilines is 1. The summed E-state index contributed by atoms with van der Waals surface area (Å²) in [5.74, 6) is 4.11. The number of aliphatic hydroxyl groups excluding tert-OH is 1. The number of hydrogen-bond donors (Lipinski definition) is 2. The van der Waals surface area contributed by atoms with Crippen LogP contribution in [0, 0.1) is 11.8 Å². The molecule has 0 aliphatic heterocycles. The summed E-state index contributed by atoms with van der Waals surface area (Å²) in [4.78, 5) is 15.5. The van der Waals surface area contributed by atoms with E-state index in [1.165, 1.54) is 6.20 Å². The number of aliphatic hydroxyl groups is 1. The van der Waals surface area contributed by atoms with E-state index in [2.05, 4.69) is 26.3 Å². The number of thiazole rings is 1. The summed E-state index contributed by atoms with van der Waals surface area (Å²) in [6, 6.07) is 0. The molecule has 0 saturated carbocycles. The van der Waals surface area contributed by atoms with Gasteiger partial charge in [0.05, 0.1) is 29.9 Å². The fourth-order valence-corrected chi connectivity index (χ4v) is 3.09. The number of carbonyl (C=O) groups is 1. The highest BCUT2D eigenvalue weighted by atomic mass is 32.2. The Kier molecular flexibility index (Phi) is 6.44. The van der Waals surface area contributed by atoms with Gasteiger partial charge in [-0.2, -0.15) is 0 Å². The first kappa shape index (κ1) is 16.4. The standard InChI is InChI=1S/C11H14N2O5S2/c1-2-18-10(15)5-7-20(16,17)13-11-12-8-9(19-11)4-3-6-14/h8,14H,2,5-7H2,1H3,(H,12,13). The average Bonchev–Trinajstić information content (AvgIpc) is 2.81. The van der Waals surface area contributed by atoms with Crippen molar-refractivity contribution in [3.05, 3.63) is 11.1 Å². The van der Waals surface area contributed by atoms with Crippen LogP contribution < -0.4 is 4.72 Å². The predicted octanol–water partition coefficient (Wildman–Crippen LogP) is 0.182. The lowest BCUT2D eigenvalue weighted by Gasteiger charge is -2.04. The fourth-order valence-electron chi connectivity index (χ4n) is 1.14. The van der Waals surface area contributed by atoms with E-state index in [0.717, 1.165) is 11.3 Å². The molecule has 0 aliphatic carbocycles. The van der Waals surface area contributed by atoms with Crippen molar-refractivity contribution in [2.45, 2.75) is 13.3 Å². The van der Waals surface area contributed by atoms with Crippen molar-refractivity contribution < 1.29 is 23.1 Å². The highest BCUT2D eigenvalue weighted by molar-refractivity contribution is 7.92. The van der Waals surface area contributed by atoms with Gasteiger partial charge in [0.2, 0.25) is 10.0 Å². The van der Waals surface area contributed by atoms with Crippen LogP contribution in [0.4, 0.5) is 5.13 Å². The monoisotopic (exact) mass is 318 g/mol. The molecule has 0 unspecified atom stereocenters. The third-order valence-electron chi connectivity index (χ3n) is 1.92. The number of ether oxygens (including phenoxy) is 1. The SMILES string of the molecule is CCOC(=O)CCS(=O)(=O)Nc1ncc(C#CCO)s1. The van der Waals surface area contributed by atoms with E-state index in [9.17, 15) is 13.2 Å². The van der Waals surface area contributed by atoms with Gasteiger partial charge in [-0.25, -0.2) is 13.4 Å². The molecule has 0 spiro atoms. The second-order valence-corrected chi connectivity index (χ2v) is 6.34. The van der Waals surface area contributed by atoms with Crippen LogP contribution in [0.3, 0.4) is 0 Å². The average molecular weight is 318 g/mol. The molecule has 0 fully saturated rings. The van der Waals surface area contributed by atoms with Crippen molar-refractivity contribution >= 4 is 32.5 Å². The summed E-state index contributed by atoms with van der Waals surface area (Å²) in [6.45, 7) is 1.58. The molecule has 0 radical (unpaired) electrons. The maximum Gasteiger partial charge on any atom is 0.306 e. The van der Waals surface area contributed by atoms with Crippen molar-refractivity contribution in [1.29, 1.82) is 0 Å². The maximum absolute atomic E-state index is 11.7. The van der Waals surface area contributed by atoms with Gasteiger partial charge in [0.15, 0.2) is 5.13 Å². The number of carbonyl (C=O) groups excluding carboxylic acids is 1. The van der Waals surface area contributed by atoms with E-state index in [0.29, 0.717) is 4.88 Å². The molecule has 1 heterocycles. The van der Waals surface area contributed by atoms with Gasteiger partial charge < -0.3 is 9.84 Å². The number of aromatic nitrogens is 1. The second-order valence-electron chi connectivity index (χ2n) is 3.47. The fraction of sp³-hybridized carbons (Fsp3) is 0.455. The van der Waals surface area contributed by atoms with Crippen LogP contribution in [0.1, 0.15) is 18.2 Å². The molecule has 0 aromatic carbocycles. The lowest BCUT2D eigenvalue weighted by atomic mass is 10.5. The Morgan fingerprint density at radius 3 is 3.00 bits per heavy atom. The lowest BCUT2D eigenvalue weighted by Crippen LogP contribution is -2.19.